The number of amides is 2. The summed E-state index contributed by atoms with van der Waals surface area (Å²) in [5.41, 5.74) is 2.65. The molecule has 4 aromatic rings. The third kappa shape index (κ3) is 4.70. The number of hydrogen-bond acceptors (Lipinski definition) is 7. The highest BCUT2D eigenvalue weighted by Gasteiger charge is 2.29. The van der Waals surface area contributed by atoms with E-state index in [9.17, 15) is 14.4 Å². The molecule has 2 N–H and O–H groups in total. The number of aryl methyl sites for hydroxylation is 1. The third-order valence-corrected chi connectivity index (χ3v) is 7.12. The molecule has 0 saturated carbocycles. The first kappa shape index (κ1) is 23.6. The number of para-hydroxylation sites is 3. The van der Waals surface area contributed by atoms with Crippen LogP contribution in [-0.2, 0) is 17.6 Å². The van der Waals surface area contributed by atoms with E-state index < -0.39 is 17.8 Å². The van der Waals surface area contributed by atoms with Gasteiger partial charge in [-0.1, -0.05) is 30.3 Å². The molecular weight excluding hydrogens is 476 g/mol. The van der Waals surface area contributed by atoms with E-state index in [0.717, 1.165) is 36.1 Å². The number of fused-ring (bicyclic) bond motifs is 2. The summed E-state index contributed by atoms with van der Waals surface area (Å²) in [5, 5.41) is 6.03. The lowest BCUT2D eigenvalue weighted by atomic mass is 9.95. The number of carbonyl (C=O) groups is 3. The van der Waals surface area contributed by atoms with Crippen molar-refractivity contribution in [1.82, 2.24) is 9.97 Å². The molecular formula is C27H24N4O4S. The van der Waals surface area contributed by atoms with Crippen LogP contribution in [0.3, 0.4) is 0 Å². The van der Waals surface area contributed by atoms with Crippen molar-refractivity contribution >= 4 is 50.8 Å². The van der Waals surface area contributed by atoms with Crippen LogP contribution < -0.4 is 10.6 Å². The minimum Gasteiger partial charge on any atom is -0.462 e. The van der Waals surface area contributed by atoms with E-state index >= 15 is 0 Å². The number of hydrogen-bond donors (Lipinski definition) is 2. The Labute approximate surface area is 211 Å². The van der Waals surface area contributed by atoms with E-state index in [2.05, 4.69) is 20.6 Å². The number of nitrogens with zero attached hydrogens (tertiary/aromatic N) is 2. The zero-order valence-electron chi connectivity index (χ0n) is 19.7. The van der Waals surface area contributed by atoms with Gasteiger partial charge in [0.15, 0.2) is 11.4 Å². The Balaban J connectivity index is 1.54. The highest BCUT2D eigenvalue weighted by atomic mass is 32.1. The van der Waals surface area contributed by atoms with Crippen molar-refractivity contribution in [3.63, 3.8) is 0 Å². The molecule has 5 rings (SSSR count). The summed E-state index contributed by atoms with van der Waals surface area (Å²) in [5.74, 6) is -1.63. The number of benzene rings is 2. The van der Waals surface area contributed by atoms with Gasteiger partial charge in [-0.15, -0.1) is 11.3 Å². The molecule has 0 fully saturated rings. The highest BCUT2D eigenvalue weighted by Crippen LogP contribution is 2.39. The maximum atomic E-state index is 13.5. The van der Waals surface area contributed by atoms with Crippen LogP contribution in [0.15, 0.2) is 54.6 Å². The van der Waals surface area contributed by atoms with Crippen LogP contribution in [-0.4, -0.2) is 34.4 Å². The first-order valence-electron chi connectivity index (χ1n) is 11.8. The molecule has 0 bridgehead atoms. The van der Waals surface area contributed by atoms with Gasteiger partial charge < -0.3 is 15.4 Å². The molecule has 8 nitrogen and oxygen atoms in total. The molecule has 36 heavy (non-hydrogen) atoms. The van der Waals surface area contributed by atoms with Gasteiger partial charge in [-0.3, -0.25) is 9.59 Å². The zero-order chi connectivity index (χ0) is 25.1. The van der Waals surface area contributed by atoms with Gasteiger partial charge >= 0.3 is 5.97 Å². The second-order valence-corrected chi connectivity index (χ2v) is 9.42. The number of thiophene rings is 1. The van der Waals surface area contributed by atoms with Gasteiger partial charge in [0.1, 0.15) is 5.00 Å². The fourth-order valence-corrected chi connectivity index (χ4v) is 5.54. The van der Waals surface area contributed by atoms with Crippen molar-refractivity contribution in [1.29, 1.82) is 0 Å². The second kappa shape index (κ2) is 10.2. The van der Waals surface area contributed by atoms with E-state index in [-0.39, 0.29) is 18.0 Å². The normalized spacial score (nSPS) is 12.6. The predicted molar refractivity (Wildman–Crippen MR) is 139 cm³/mol. The molecule has 0 atom stereocenters. The first-order valence-corrected chi connectivity index (χ1v) is 12.6. The lowest BCUT2D eigenvalue weighted by Gasteiger charge is -2.13. The van der Waals surface area contributed by atoms with E-state index in [1.54, 1.807) is 55.5 Å². The maximum Gasteiger partial charge on any atom is 0.341 e. The largest absolute Gasteiger partial charge is 0.462 e. The van der Waals surface area contributed by atoms with Crippen molar-refractivity contribution in [2.45, 2.75) is 32.6 Å². The standard InChI is InChI=1S/C27H24N4O4S/c1-2-35-27(34)21-17-12-6-9-15-20(17)36-26(21)31-25(33)23-22(24(32)28-16-10-4-3-5-11-16)29-18-13-7-8-14-19(18)30-23/h3-5,7-8,10-11,13-14H,2,6,9,12,15H2,1H3,(H,28,32)(H,31,33). The van der Waals surface area contributed by atoms with Crippen LogP contribution in [0.1, 0.15) is 61.5 Å². The lowest BCUT2D eigenvalue weighted by Crippen LogP contribution is -2.24. The van der Waals surface area contributed by atoms with Gasteiger partial charge in [-0.05, 0) is 62.4 Å². The van der Waals surface area contributed by atoms with E-state index in [1.165, 1.54) is 11.3 Å². The van der Waals surface area contributed by atoms with Crippen LogP contribution in [0.2, 0.25) is 0 Å². The highest BCUT2D eigenvalue weighted by molar-refractivity contribution is 7.17. The van der Waals surface area contributed by atoms with Gasteiger partial charge in [0.05, 0.1) is 23.2 Å². The molecule has 0 radical (unpaired) electrons. The summed E-state index contributed by atoms with van der Waals surface area (Å²) in [7, 11) is 0. The van der Waals surface area contributed by atoms with Gasteiger partial charge in [-0.25, -0.2) is 14.8 Å². The number of rotatable bonds is 6. The fraction of sp³-hybridized carbons (Fsp3) is 0.222. The number of nitrogens with one attached hydrogen (secondary N) is 2. The summed E-state index contributed by atoms with van der Waals surface area (Å²) in [6.45, 7) is 1.98. The zero-order valence-corrected chi connectivity index (χ0v) is 20.5. The Morgan fingerprint density at radius 2 is 1.47 bits per heavy atom. The minimum atomic E-state index is -0.615. The van der Waals surface area contributed by atoms with Crippen molar-refractivity contribution in [3.8, 4) is 0 Å². The Bertz CT molecular complexity index is 1470. The molecule has 0 spiro atoms. The fourth-order valence-electron chi connectivity index (χ4n) is 4.26. The molecule has 0 unspecified atom stereocenters. The number of esters is 1. The van der Waals surface area contributed by atoms with Crippen molar-refractivity contribution in [2.24, 2.45) is 0 Å². The monoisotopic (exact) mass is 500 g/mol. The summed E-state index contributed by atoms with van der Waals surface area (Å²) in [4.78, 5) is 49.6. The Morgan fingerprint density at radius 1 is 0.861 bits per heavy atom. The van der Waals surface area contributed by atoms with E-state index in [4.69, 9.17) is 4.74 Å². The molecule has 2 aromatic heterocycles. The van der Waals surface area contributed by atoms with Crippen LogP contribution in [0.4, 0.5) is 10.7 Å². The molecule has 2 amide bonds. The molecule has 0 aliphatic heterocycles. The molecule has 1 aliphatic carbocycles. The Kier molecular flexibility index (Phi) is 6.73. The molecule has 2 heterocycles. The third-order valence-electron chi connectivity index (χ3n) is 5.91. The lowest BCUT2D eigenvalue weighted by molar-refractivity contribution is 0.0526. The SMILES string of the molecule is CCOC(=O)c1c(NC(=O)c2nc3ccccc3nc2C(=O)Nc2ccccc2)sc2c1CCCC2. The van der Waals surface area contributed by atoms with Gasteiger partial charge in [0, 0.05) is 10.6 Å². The smallest absolute Gasteiger partial charge is 0.341 e. The van der Waals surface area contributed by atoms with Crippen LogP contribution in [0.5, 0.6) is 0 Å². The van der Waals surface area contributed by atoms with E-state index in [0.29, 0.717) is 27.3 Å². The van der Waals surface area contributed by atoms with Gasteiger partial charge in [-0.2, -0.15) is 0 Å². The summed E-state index contributed by atoms with van der Waals surface area (Å²) in [6.07, 6.45) is 3.62. The van der Waals surface area contributed by atoms with Crippen LogP contribution in [0.25, 0.3) is 11.0 Å². The Hall–Kier alpha value is -4.11. The summed E-state index contributed by atoms with van der Waals surface area (Å²) >= 11 is 1.38. The topological polar surface area (TPSA) is 110 Å². The number of anilines is 2. The maximum absolute atomic E-state index is 13.5. The molecule has 1 aliphatic rings. The number of aromatic nitrogens is 2. The number of ether oxygens (including phenoxy) is 1. The van der Waals surface area contributed by atoms with E-state index in [1.807, 2.05) is 6.07 Å². The minimum absolute atomic E-state index is 0.103. The molecule has 2 aromatic carbocycles. The van der Waals surface area contributed by atoms with Crippen molar-refractivity contribution in [3.05, 3.63) is 82.0 Å². The van der Waals surface area contributed by atoms with Gasteiger partial charge in [0.2, 0.25) is 0 Å². The first-order chi connectivity index (χ1) is 17.5. The molecule has 0 saturated heterocycles. The van der Waals surface area contributed by atoms with Crippen molar-refractivity contribution in [2.75, 3.05) is 17.2 Å². The van der Waals surface area contributed by atoms with Gasteiger partial charge in [0.25, 0.3) is 11.8 Å². The summed E-state index contributed by atoms with van der Waals surface area (Å²) in [6, 6.07) is 16.0. The quantitative estimate of drug-likeness (QED) is 0.350. The predicted octanol–water partition coefficient (Wildman–Crippen LogP) is 5.25. The number of carbonyl (C=O) groups excluding carboxylic acids is 3. The average Bonchev–Trinajstić information content (AvgIpc) is 3.26. The molecule has 9 heteroatoms. The second-order valence-electron chi connectivity index (χ2n) is 8.32. The Morgan fingerprint density at radius 3 is 2.14 bits per heavy atom. The summed E-state index contributed by atoms with van der Waals surface area (Å²) < 4.78 is 5.29. The average molecular weight is 501 g/mol. The molecule has 182 valence electrons. The van der Waals surface area contributed by atoms with Crippen LogP contribution >= 0.6 is 11.3 Å². The van der Waals surface area contributed by atoms with Crippen LogP contribution in [0, 0.1) is 0 Å². The van der Waals surface area contributed by atoms with Crippen molar-refractivity contribution < 1.29 is 19.1 Å².